The van der Waals surface area contributed by atoms with Crippen molar-refractivity contribution >= 4 is 24.3 Å². The molecule has 1 saturated carbocycles. The van der Waals surface area contributed by atoms with Crippen LogP contribution >= 0.6 is 12.4 Å². The van der Waals surface area contributed by atoms with Gasteiger partial charge in [0.05, 0.1) is 12.6 Å². The van der Waals surface area contributed by atoms with Crippen LogP contribution in [0.4, 0.5) is 13.6 Å². The van der Waals surface area contributed by atoms with E-state index < -0.39 is 18.7 Å². The predicted molar refractivity (Wildman–Crippen MR) is 128 cm³/mol. The third-order valence-electron chi connectivity index (χ3n) is 6.05. The summed E-state index contributed by atoms with van der Waals surface area (Å²) in [6, 6.07) is 2.92. The number of alkyl halides is 2. The fourth-order valence-corrected chi connectivity index (χ4v) is 3.98. The topological polar surface area (TPSA) is 137 Å². The van der Waals surface area contributed by atoms with E-state index in [1.54, 1.807) is 18.7 Å². The zero-order valence-corrected chi connectivity index (χ0v) is 20.8. The summed E-state index contributed by atoms with van der Waals surface area (Å²) >= 11 is 0. The fourth-order valence-electron chi connectivity index (χ4n) is 3.98. The Morgan fingerprint density at radius 1 is 1.25 bits per heavy atom. The van der Waals surface area contributed by atoms with Crippen molar-refractivity contribution in [3.63, 3.8) is 0 Å². The molecule has 1 aliphatic carbocycles. The summed E-state index contributed by atoms with van der Waals surface area (Å²) in [7, 11) is 0. The minimum Gasteiger partial charge on any atom is -0.489 e. The highest BCUT2D eigenvalue weighted by atomic mass is 35.5. The minimum absolute atomic E-state index is 0. The molecule has 198 valence electrons. The molecular formula is C23H30ClF2N5O5. The highest BCUT2D eigenvalue weighted by Crippen LogP contribution is 2.37. The maximum atomic E-state index is 13.3. The monoisotopic (exact) mass is 529 g/mol. The van der Waals surface area contributed by atoms with Crippen LogP contribution in [0.15, 0.2) is 22.6 Å². The minimum atomic E-state index is -3.00. The average Bonchev–Trinajstić information content (AvgIpc) is 3.52. The van der Waals surface area contributed by atoms with Crippen LogP contribution in [0.25, 0.3) is 11.5 Å². The van der Waals surface area contributed by atoms with E-state index in [1.807, 2.05) is 0 Å². The van der Waals surface area contributed by atoms with E-state index in [0.717, 1.165) is 12.8 Å². The third-order valence-corrected chi connectivity index (χ3v) is 6.05. The van der Waals surface area contributed by atoms with Gasteiger partial charge in [0.15, 0.2) is 23.0 Å². The number of nitrogens with two attached hydrogens (primary N) is 2. The first-order chi connectivity index (χ1) is 16.6. The molecule has 1 saturated heterocycles. The summed E-state index contributed by atoms with van der Waals surface area (Å²) < 4.78 is 41.9. The van der Waals surface area contributed by atoms with Crippen molar-refractivity contribution in [3.05, 3.63) is 29.7 Å². The van der Waals surface area contributed by atoms with Gasteiger partial charge in [-0.1, -0.05) is 0 Å². The van der Waals surface area contributed by atoms with Gasteiger partial charge in [0.2, 0.25) is 5.89 Å². The number of carbonyl (C=O) groups excluding carboxylic acids is 2. The van der Waals surface area contributed by atoms with Crippen LogP contribution < -0.4 is 20.9 Å². The molecule has 10 nitrogen and oxygen atoms in total. The maximum absolute atomic E-state index is 13.3. The first-order valence-corrected chi connectivity index (χ1v) is 11.5. The quantitative estimate of drug-likeness (QED) is 0.534. The van der Waals surface area contributed by atoms with Gasteiger partial charge in [0.1, 0.15) is 0 Å². The Labute approximate surface area is 213 Å². The molecular weight excluding hydrogens is 500 g/mol. The number of piperazine rings is 1. The number of primary amides is 1. The second kappa shape index (κ2) is 11.3. The van der Waals surface area contributed by atoms with Crippen LogP contribution in [-0.4, -0.2) is 65.6 Å². The molecule has 4 N–H and O–H groups in total. The van der Waals surface area contributed by atoms with Crippen molar-refractivity contribution in [3.8, 4) is 23.0 Å². The Hall–Kier alpha value is -3.12. The van der Waals surface area contributed by atoms with Crippen molar-refractivity contribution in [2.75, 3.05) is 26.2 Å². The molecule has 36 heavy (non-hydrogen) atoms. The second-order valence-corrected chi connectivity index (χ2v) is 8.95. The highest BCUT2D eigenvalue weighted by Gasteiger charge is 2.33. The number of oxazole rings is 1. The number of rotatable bonds is 8. The molecule has 0 bridgehead atoms. The summed E-state index contributed by atoms with van der Waals surface area (Å²) in [5.74, 6) is 0.352. The van der Waals surface area contributed by atoms with E-state index in [9.17, 15) is 18.4 Å². The molecule has 2 fully saturated rings. The fraction of sp³-hybridized carbons (Fsp3) is 0.522. The average molecular weight is 530 g/mol. The SMILES string of the molecule is C[C@H](N)c1oc(-c2ccc(OC(F)F)c(OCC3CC3)c2)nc1C(=O)N1CCN(C(N)=O)[C@H](C)C1.Cl. The van der Waals surface area contributed by atoms with Gasteiger partial charge in [0, 0.05) is 31.2 Å². The van der Waals surface area contributed by atoms with E-state index in [-0.39, 0.29) is 66.3 Å². The van der Waals surface area contributed by atoms with Crippen molar-refractivity contribution in [1.82, 2.24) is 14.8 Å². The van der Waals surface area contributed by atoms with E-state index in [0.29, 0.717) is 24.6 Å². The lowest BCUT2D eigenvalue weighted by atomic mass is 10.1. The molecule has 1 aliphatic heterocycles. The van der Waals surface area contributed by atoms with Gasteiger partial charge in [-0.3, -0.25) is 4.79 Å². The van der Waals surface area contributed by atoms with Gasteiger partial charge < -0.3 is 35.2 Å². The van der Waals surface area contributed by atoms with E-state index in [4.69, 9.17) is 20.6 Å². The van der Waals surface area contributed by atoms with Gasteiger partial charge in [0.25, 0.3) is 5.91 Å². The van der Waals surface area contributed by atoms with E-state index in [1.165, 1.54) is 23.1 Å². The van der Waals surface area contributed by atoms with Crippen LogP contribution in [0.3, 0.4) is 0 Å². The first kappa shape index (κ1) is 27.5. The number of ether oxygens (including phenoxy) is 2. The first-order valence-electron chi connectivity index (χ1n) is 11.5. The number of amides is 3. The van der Waals surface area contributed by atoms with E-state index >= 15 is 0 Å². The Kier molecular flexibility index (Phi) is 8.62. The Morgan fingerprint density at radius 3 is 2.56 bits per heavy atom. The van der Waals surface area contributed by atoms with Crippen molar-refractivity contribution in [2.24, 2.45) is 17.4 Å². The number of urea groups is 1. The number of halogens is 3. The number of hydrogen-bond acceptors (Lipinski definition) is 7. The van der Waals surface area contributed by atoms with Crippen LogP contribution in [0, 0.1) is 5.92 Å². The molecule has 1 aromatic carbocycles. The molecule has 0 unspecified atom stereocenters. The number of benzene rings is 1. The molecule has 2 atom stereocenters. The molecule has 4 rings (SSSR count). The lowest BCUT2D eigenvalue weighted by molar-refractivity contribution is -0.0515. The summed E-state index contributed by atoms with van der Waals surface area (Å²) in [5.41, 5.74) is 11.9. The normalized spacial score (nSPS) is 18.6. The van der Waals surface area contributed by atoms with Crippen molar-refractivity contribution in [2.45, 2.75) is 45.4 Å². The number of carbonyl (C=O) groups is 2. The van der Waals surface area contributed by atoms with Gasteiger partial charge in [-0.15, -0.1) is 12.4 Å². The highest BCUT2D eigenvalue weighted by molar-refractivity contribution is 5.94. The van der Waals surface area contributed by atoms with Crippen LogP contribution in [-0.2, 0) is 0 Å². The third kappa shape index (κ3) is 6.16. The number of aromatic nitrogens is 1. The van der Waals surface area contributed by atoms with Crippen LogP contribution in [0.5, 0.6) is 11.5 Å². The van der Waals surface area contributed by atoms with Gasteiger partial charge in [-0.05, 0) is 50.8 Å². The molecule has 0 spiro atoms. The molecule has 0 radical (unpaired) electrons. The summed E-state index contributed by atoms with van der Waals surface area (Å²) in [4.78, 5) is 32.3. The summed E-state index contributed by atoms with van der Waals surface area (Å²) in [6.45, 7) is 1.71. The van der Waals surface area contributed by atoms with Crippen molar-refractivity contribution in [1.29, 1.82) is 0 Å². The zero-order chi connectivity index (χ0) is 25.3. The van der Waals surface area contributed by atoms with Crippen molar-refractivity contribution < 1.29 is 32.3 Å². The molecule has 13 heteroatoms. The Balaban J connectivity index is 0.00000361. The number of hydrogen-bond donors (Lipinski definition) is 2. The summed E-state index contributed by atoms with van der Waals surface area (Å²) in [6.07, 6.45) is 2.06. The smallest absolute Gasteiger partial charge is 0.387 e. The summed E-state index contributed by atoms with van der Waals surface area (Å²) in [5, 5.41) is 0. The standard InChI is InChI=1S/C23H29F2N5O5.ClH/c1-12-10-29(7-8-30(12)23(27)32)21(31)18-19(13(2)26)35-20(28-18)15-5-6-16(34-22(24)25)17(9-15)33-11-14-3-4-14;/h5-6,9,12-14,22H,3-4,7-8,10-11,26H2,1-2H3,(H2,27,32);1H/t12-,13+;/m1./s1. The molecule has 2 aromatic rings. The second-order valence-electron chi connectivity index (χ2n) is 8.95. The van der Waals surface area contributed by atoms with Gasteiger partial charge in [-0.2, -0.15) is 8.78 Å². The van der Waals surface area contributed by atoms with E-state index in [2.05, 4.69) is 9.72 Å². The van der Waals surface area contributed by atoms with Gasteiger partial charge in [-0.25, -0.2) is 9.78 Å². The van der Waals surface area contributed by atoms with Crippen LogP contribution in [0.1, 0.15) is 49.0 Å². The molecule has 2 heterocycles. The lowest BCUT2D eigenvalue weighted by Gasteiger charge is -2.38. The molecule has 3 amide bonds. The zero-order valence-electron chi connectivity index (χ0n) is 20.0. The Morgan fingerprint density at radius 2 is 1.97 bits per heavy atom. The predicted octanol–water partition coefficient (Wildman–Crippen LogP) is 3.40. The van der Waals surface area contributed by atoms with Crippen LogP contribution in [0.2, 0.25) is 0 Å². The Bertz CT molecular complexity index is 1090. The molecule has 1 aromatic heterocycles. The molecule has 2 aliphatic rings. The maximum Gasteiger partial charge on any atom is 0.387 e. The largest absolute Gasteiger partial charge is 0.489 e. The van der Waals surface area contributed by atoms with Gasteiger partial charge >= 0.3 is 12.6 Å². The lowest BCUT2D eigenvalue weighted by Crippen LogP contribution is -2.56. The number of nitrogens with zero attached hydrogens (tertiary/aromatic N) is 3.